The summed E-state index contributed by atoms with van der Waals surface area (Å²) in [6.07, 6.45) is 16.7. The van der Waals surface area contributed by atoms with E-state index in [2.05, 4.69) is 51.0 Å². The van der Waals surface area contributed by atoms with E-state index in [4.69, 9.17) is 3.82 Å². The van der Waals surface area contributed by atoms with Crippen LogP contribution in [0.3, 0.4) is 0 Å². The monoisotopic (exact) mass is 545 g/mol. The summed E-state index contributed by atoms with van der Waals surface area (Å²) in [5, 5.41) is 0. The average Bonchev–Trinajstić information content (AvgIpc) is 3.28. The molecule has 0 aromatic rings. The standard InChI is InChI=1S/C27H45OSe2/c1-17(2)7-6-8-18(3)21-9-10-22-20-15-24-27(30-24)16-19(28-29)11-14-26(27,5)23(20)12-13-25(21,22)4/h17-24H,6-16H2,1-5H3/t18-,19+,20+,21-,22+,23+,24?,25-,26-,27?/m1/s1. The van der Waals surface area contributed by atoms with Gasteiger partial charge in [0.2, 0.25) is 0 Å². The van der Waals surface area contributed by atoms with Crippen molar-refractivity contribution in [2.75, 3.05) is 0 Å². The SMILES string of the molecule is CC(C)CCC[C@@H](C)[C@H]1CC[C@H]2[C@@H]3CC4[Se]C45C[C@@H](O[Se])CC[C@]5(C)[C@H]3CC[C@]12C. The van der Waals surface area contributed by atoms with Crippen molar-refractivity contribution in [3.63, 3.8) is 0 Å². The van der Waals surface area contributed by atoms with Crippen LogP contribution in [-0.4, -0.2) is 37.4 Å². The first-order chi connectivity index (χ1) is 14.2. The van der Waals surface area contributed by atoms with E-state index in [1.165, 1.54) is 57.8 Å². The molecule has 30 heavy (non-hydrogen) atoms. The van der Waals surface area contributed by atoms with Crippen LogP contribution >= 0.6 is 0 Å². The molecule has 4 aliphatic carbocycles. The fourth-order valence-corrected chi connectivity index (χ4v) is 14.3. The van der Waals surface area contributed by atoms with Gasteiger partial charge in [-0.1, -0.05) is 0 Å². The Balaban J connectivity index is 1.32. The third-order valence-electron chi connectivity index (χ3n) is 11.4. The third kappa shape index (κ3) is 3.30. The molecule has 0 bridgehead atoms. The zero-order valence-corrected chi connectivity index (χ0v) is 23.5. The Kier molecular flexibility index (Phi) is 6.11. The Labute approximate surface area is 201 Å². The van der Waals surface area contributed by atoms with Crippen LogP contribution in [-0.2, 0) is 3.82 Å². The van der Waals surface area contributed by atoms with Gasteiger partial charge in [0.25, 0.3) is 0 Å². The predicted molar refractivity (Wildman–Crippen MR) is 128 cm³/mol. The normalized spacial score (nSPS) is 52.9. The van der Waals surface area contributed by atoms with Gasteiger partial charge in [0.15, 0.2) is 0 Å². The maximum atomic E-state index is 5.77. The average molecular weight is 544 g/mol. The number of hydrogen-bond donors (Lipinski definition) is 0. The van der Waals surface area contributed by atoms with Crippen molar-refractivity contribution in [2.24, 2.45) is 46.3 Å². The Morgan fingerprint density at radius 1 is 1.00 bits per heavy atom. The van der Waals surface area contributed by atoms with Crippen molar-refractivity contribution in [3.05, 3.63) is 0 Å². The van der Waals surface area contributed by atoms with E-state index in [1.807, 2.05) is 0 Å². The molecule has 10 atom stereocenters. The van der Waals surface area contributed by atoms with E-state index in [0.717, 1.165) is 55.3 Å². The summed E-state index contributed by atoms with van der Waals surface area (Å²) in [6.45, 7) is 12.9. The summed E-state index contributed by atoms with van der Waals surface area (Å²) in [5.41, 5.74) is 1.28. The van der Waals surface area contributed by atoms with E-state index in [9.17, 15) is 0 Å². The van der Waals surface area contributed by atoms with Gasteiger partial charge in [0.1, 0.15) is 0 Å². The number of rotatable bonds is 6. The van der Waals surface area contributed by atoms with Crippen molar-refractivity contribution in [1.82, 2.24) is 0 Å². The van der Waals surface area contributed by atoms with Crippen molar-refractivity contribution < 1.29 is 3.82 Å². The summed E-state index contributed by atoms with van der Waals surface area (Å²) in [6, 6.07) is 0. The molecule has 0 aromatic heterocycles. The Morgan fingerprint density at radius 2 is 1.80 bits per heavy atom. The Hall–Kier alpha value is 0.999. The molecule has 1 aliphatic heterocycles. The van der Waals surface area contributed by atoms with Crippen LogP contribution in [0.1, 0.15) is 105 Å². The molecule has 0 amide bonds. The van der Waals surface area contributed by atoms with Gasteiger partial charge in [-0.15, -0.1) is 0 Å². The van der Waals surface area contributed by atoms with Crippen molar-refractivity contribution in [2.45, 2.75) is 120 Å². The first-order valence-electron chi connectivity index (χ1n) is 13.2. The molecule has 1 saturated heterocycles. The molecule has 2 unspecified atom stereocenters. The topological polar surface area (TPSA) is 9.23 Å². The fraction of sp³-hybridized carbons (Fsp3) is 1.00. The molecule has 1 spiro atoms. The first-order valence-corrected chi connectivity index (χ1v) is 15.8. The van der Waals surface area contributed by atoms with E-state index < -0.39 is 0 Å². The Bertz CT molecular complexity index is 651. The maximum absolute atomic E-state index is 5.77. The van der Waals surface area contributed by atoms with Crippen LogP contribution in [0.4, 0.5) is 0 Å². The van der Waals surface area contributed by atoms with Crippen LogP contribution in [0, 0.1) is 46.3 Å². The molecular formula is C27H45OSe2. The van der Waals surface area contributed by atoms with Gasteiger partial charge in [-0.2, -0.15) is 0 Å². The van der Waals surface area contributed by atoms with E-state index in [0.29, 0.717) is 21.2 Å². The van der Waals surface area contributed by atoms with E-state index >= 15 is 0 Å². The summed E-state index contributed by atoms with van der Waals surface area (Å²) in [4.78, 5) is 1.08. The molecule has 4 saturated carbocycles. The first kappa shape index (κ1) is 22.8. The number of fused-ring (bicyclic) bond motifs is 4. The molecule has 0 N–H and O–H groups in total. The van der Waals surface area contributed by atoms with Gasteiger partial charge in [0, 0.05) is 0 Å². The molecule has 171 valence electrons. The summed E-state index contributed by atoms with van der Waals surface area (Å²) < 4.78 is 6.48. The molecule has 1 nitrogen and oxygen atoms in total. The molecule has 3 heteroatoms. The second kappa shape index (κ2) is 8.04. The van der Waals surface area contributed by atoms with Gasteiger partial charge < -0.3 is 0 Å². The quantitative estimate of drug-likeness (QED) is 0.321. The van der Waals surface area contributed by atoms with Crippen LogP contribution in [0.25, 0.3) is 0 Å². The molecule has 5 fully saturated rings. The zero-order valence-electron chi connectivity index (χ0n) is 20.1. The van der Waals surface area contributed by atoms with Gasteiger partial charge in [0.05, 0.1) is 0 Å². The summed E-state index contributed by atoms with van der Waals surface area (Å²) >= 11 is 3.77. The molecule has 5 rings (SSSR count). The third-order valence-corrected chi connectivity index (χ3v) is 16.1. The van der Waals surface area contributed by atoms with E-state index in [1.54, 1.807) is 12.8 Å². The van der Waals surface area contributed by atoms with Gasteiger partial charge in [-0.25, -0.2) is 0 Å². The summed E-state index contributed by atoms with van der Waals surface area (Å²) in [7, 11) is 0. The second-order valence-electron chi connectivity index (χ2n) is 13.0. The molecule has 1 radical (unpaired) electrons. The zero-order chi connectivity index (χ0) is 21.3. The van der Waals surface area contributed by atoms with Crippen molar-refractivity contribution in [3.8, 4) is 0 Å². The molecular weight excluding hydrogens is 498 g/mol. The van der Waals surface area contributed by atoms with E-state index in [-0.39, 0.29) is 0 Å². The molecule has 1 heterocycles. The predicted octanol–water partition coefficient (Wildman–Crippen LogP) is 7.24. The van der Waals surface area contributed by atoms with Crippen LogP contribution in [0.2, 0.25) is 9.13 Å². The van der Waals surface area contributed by atoms with Crippen molar-refractivity contribution >= 4 is 31.3 Å². The molecule has 5 aliphatic rings. The van der Waals surface area contributed by atoms with Crippen LogP contribution in [0.15, 0.2) is 0 Å². The minimum atomic E-state index is 0.512. The van der Waals surface area contributed by atoms with Crippen LogP contribution in [0.5, 0.6) is 0 Å². The van der Waals surface area contributed by atoms with Crippen molar-refractivity contribution in [1.29, 1.82) is 0 Å². The Morgan fingerprint density at radius 3 is 2.53 bits per heavy atom. The minimum absolute atomic E-state index is 0.512. The fourth-order valence-electron chi connectivity index (χ4n) is 9.75. The van der Waals surface area contributed by atoms with Crippen LogP contribution < -0.4 is 0 Å². The van der Waals surface area contributed by atoms with Gasteiger partial charge in [-0.05, 0) is 0 Å². The van der Waals surface area contributed by atoms with Gasteiger partial charge in [-0.3, -0.25) is 0 Å². The second-order valence-corrected chi connectivity index (χ2v) is 16.6. The molecule has 0 aromatic carbocycles. The number of hydrogen-bond acceptors (Lipinski definition) is 1. The van der Waals surface area contributed by atoms with Gasteiger partial charge >= 0.3 is 202 Å². The summed E-state index contributed by atoms with van der Waals surface area (Å²) in [5.74, 6) is 5.91.